The summed E-state index contributed by atoms with van der Waals surface area (Å²) in [5, 5.41) is 5.76. The van der Waals surface area contributed by atoms with Gasteiger partial charge in [0.15, 0.2) is 0 Å². The zero-order valence-corrected chi connectivity index (χ0v) is 14.8. The number of nitrogens with one attached hydrogen (secondary N) is 2. The first-order valence-electron chi connectivity index (χ1n) is 8.64. The Balaban J connectivity index is 1.54. The molecule has 2 N–H and O–H groups in total. The van der Waals surface area contributed by atoms with Crippen molar-refractivity contribution in [3.8, 4) is 0 Å². The number of anilines is 2. The minimum absolute atomic E-state index is 0.231. The van der Waals surface area contributed by atoms with Crippen LogP contribution in [0.2, 0.25) is 0 Å². The second kappa shape index (κ2) is 8.14. The smallest absolute Gasteiger partial charge is 0.323 e. The molecule has 2 aromatic rings. The second-order valence-electron chi connectivity index (χ2n) is 6.54. The molecular weight excluding hydrogens is 314 g/mol. The number of urea groups is 1. The van der Waals surface area contributed by atoms with Crippen LogP contribution in [-0.4, -0.2) is 37.2 Å². The highest BCUT2D eigenvalue weighted by Gasteiger charge is 2.10. The van der Waals surface area contributed by atoms with Gasteiger partial charge in [-0.3, -0.25) is 4.90 Å². The largest absolute Gasteiger partial charge is 0.379 e. The summed E-state index contributed by atoms with van der Waals surface area (Å²) in [6.45, 7) is 8.50. The molecule has 25 heavy (non-hydrogen) atoms. The summed E-state index contributed by atoms with van der Waals surface area (Å²) >= 11 is 0. The zero-order valence-electron chi connectivity index (χ0n) is 14.8. The quantitative estimate of drug-likeness (QED) is 0.891. The van der Waals surface area contributed by atoms with Crippen LogP contribution in [-0.2, 0) is 11.3 Å². The minimum Gasteiger partial charge on any atom is -0.379 e. The van der Waals surface area contributed by atoms with Crippen molar-refractivity contribution >= 4 is 17.4 Å². The van der Waals surface area contributed by atoms with E-state index in [1.165, 1.54) is 5.56 Å². The average Bonchev–Trinajstić information content (AvgIpc) is 2.56. The van der Waals surface area contributed by atoms with Gasteiger partial charge in [-0.05, 0) is 54.8 Å². The summed E-state index contributed by atoms with van der Waals surface area (Å²) in [5.74, 6) is 0. The van der Waals surface area contributed by atoms with Crippen LogP contribution in [0.15, 0.2) is 42.5 Å². The van der Waals surface area contributed by atoms with Gasteiger partial charge in [0.1, 0.15) is 0 Å². The number of hydrogen-bond acceptors (Lipinski definition) is 3. The third kappa shape index (κ3) is 5.31. The Labute approximate surface area is 149 Å². The number of amides is 2. The molecule has 2 amide bonds. The van der Waals surface area contributed by atoms with Crippen LogP contribution in [0.4, 0.5) is 16.2 Å². The first kappa shape index (κ1) is 17.5. The van der Waals surface area contributed by atoms with Gasteiger partial charge in [-0.2, -0.15) is 0 Å². The third-order valence-electron chi connectivity index (χ3n) is 4.20. The highest BCUT2D eigenvalue weighted by atomic mass is 16.5. The number of hydrogen-bond donors (Lipinski definition) is 2. The molecule has 5 heteroatoms. The Kier molecular flexibility index (Phi) is 5.68. The van der Waals surface area contributed by atoms with Crippen molar-refractivity contribution in [1.29, 1.82) is 0 Å². The Morgan fingerprint density at radius 1 is 0.960 bits per heavy atom. The lowest BCUT2D eigenvalue weighted by molar-refractivity contribution is 0.0342. The van der Waals surface area contributed by atoms with Crippen molar-refractivity contribution in [2.45, 2.75) is 20.4 Å². The van der Waals surface area contributed by atoms with Crippen molar-refractivity contribution in [1.82, 2.24) is 4.90 Å². The van der Waals surface area contributed by atoms with E-state index in [0.717, 1.165) is 55.3 Å². The van der Waals surface area contributed by atoms with Gasteiger partial charge in [-0.15, -0.1) is 0 Å². The van der Waals surface area contributed by atoms with Crippen molar-refractivity contribution in [2.24, 2.45) is 0 Å². The fourth-order valence-electron chi connectivity index (χ4n) is 3.05. The molecule has 1 fully saturated rings. The highest BCUT2D eigenvalue weighted by molar-refractivity contribution is 5.99. The lowest BCUT2D eigenvalue weighted by Crippen LogP contribution is -2.35. The molecule has 0 aliphatic carbocycles. The molecular formula is C20H25N3O2. The molecule has 0 unspecified atom stereocenters. The number of ether oxygens (including phenoxy) is 1. The van der Waals surface area contributed by atoms with Crippen molar-refractivity contribution in [2.75, 3.05) is 36.9 Å². The van der Waals surface area contributed by atoms with E-state index in [4.69, 9.17) is 4.74 Å². The zero-order chi connectivity index (χ0) is 17.6. The van der Waals surface area contributed by atoms with Gasteiger partial charge in [0, 0.05) is 31.0 Å². The molecule has 3 rings (SSSR count). The van der Waals surface area contributed by atoms with E-state index in [9.17, 15) is 4.79 Å². The van der Waals surface area contributed by atoms with E-state index >= 15 is 0 Å². The molecule has 2 aromatic carbocycles. The number of aryl methyl sites for hydroxylation is 2. The fourth-order valence-corrected chi connectivity index (χ4v) is 3.05. The number of benzene rings is 2. The lowest BCUT2D eigenvalue weighted by Gasteiger charge is -2.26. The van der Waals surface area contributed by atoms with Gasteiger partial charge in [0.05, 0.1) is 13.2 Å². The van der Waals surface area contributed by atoms with Crippen LogP contribution < -0.4 is 10.6 Å². The predicted molar refractivity (Wildman–Crippen MR) is 101 cm³/mol. The molecule has 0 radical (unpaired) electrons. The van der Waals surface area contributed by atoms with Crippen LogP contribution in [0.5, 0.6) is 0 Å². The van der Waals surface area contributed by atoms with Crippen molar-refractivity contribution < 1.29 is 9.53 Å². The normalized spacial score (nSPS) is 15.0. The SMILES string of the molecule is Cc1cc(C)cc(NC(=O)Nc2ccc(CN3CCOCC3)cc2)c1. The molecule has 0 spiro atoms. The van der Waals surface area contributed by atoms with Gasteiger partial charge in [0.2, 0.25) is 0 Å². The number of carbonyl (C=O) groups excluding carboxylic acids is 1. The summed E-state index contributed by atoms with van der Waals surface area (Å²) in [4.78, 5) is 14.5. The Bertz CT molecular complexity index is 702. The third-order valence-corrected chi connectivity index (χ3v) is 4.20. The minimum atomic E-state index is -0.231. The molecule has 1 aliphatic heterocycles. The number of morpholine rings is 1. The van der Waals surface area contributed by atoms with Crippen LogP contribution in [0.3, 0.4) is 0 Å². The number of rotatable bonds is 4. The predicted octanol–water partition coefficient (Wildman–Crippen LogP) is 3.78. The molecule has 1 saturated heterocycles. The summed E-state index contributed by atoms with van der Waals surface area (Å²) in [7, 11) is 0. The van der Waals surface area contributed by atoms with Crippen LogP contribution in [0.25, 0.3) is 0 Å². The maximum atomic E-state index is 12.2. The van der Waals surface area contributed by atoms with Crippen LogP contribution in [0.1, 0.15) is 16.7 Å². The average molecular weight is 339 g/mol. The van der Waals surface area contributed by atoms with Gasteiger partial charge in [-0.1, -0.05) is 18.2 Å². The Morgan fingerprint density at radius 3 is 2.20 bits per heavy atom. The van der Waals surface area contributed by atoms with Gasteiger partial charge in [-0.25, -0.2) is 4.79 Å². The highest BCUT2D eigenvalue weighted by Crippen LogP contribution is 2.16. The monoisotopic (exact) mass is 339 g/mol. The van der Waals surface area contributed by atoms with E-state index < -0.39 is 0 Å². The maximum absolute atomic E-state index is 12.2. The summed E-state index contributed by atoms with van der Waals surface area (Å²) < 4.78 is 5.37. The first-order chi connectivity index (χ1) is 12.1. The van der Waals surface area contributed by atoms with Crippen molar-refractivity contribution in [3.05, 3.63) is 59.2 Å². The van der Waals surface area contributed by atoms with Gasteiger partial charge in [0.25, 0.3) is 0 Å². The maximum Gasteiger partial charge on any atom is 0.323 e. The van der Waals surface area contributed by atoms with E-state index in [1.807, 2.05) is 38.1 Å². The van der Waals surface area contributed by atoms with E-state index in [1.54, 1.807) is 0 Å². The Morgan fingerprint density at radius 2 is 1.56 bits per heavy atom. The second-order valence-corrected chi connectivity index (χ2v) is 6.54. The molecule has 1 heterocycles. The molecule has 1 aliphatic rings. The molecule has 0 atom stereocenters. The lowest BCUT2D eigenvalue weighted by atomic mass is 10.1. The van der Waals surface area contributed by atoms with Crippen LogP contribution >= 0.6 is 0 Å². The molecule has 0 aromatic heterocycles. The standard InChI is InChI=1S/C20H25N3O2/c1-15-11-16(2)13-19(12-15)22-20(24)21-18-5-3-17(4-6-18)14-23-7-9-25-10-8-23/h3-6,11-13H,7-10,14H2,1-2H3,(H2,21,22,24). The van der Waals surface area contributed by atoms with E-state index in [-0.39, 0.29) is 6.03 Å². The summed E-state index contributed by atoms with van der Waals surface area (Å²) in [6.07, 6.45) is 0. The van der Waals surface area contributed by atoms with E-state index in [2.05, 4.69) is 33.7 Å². The van der Waals surface area contributed by atoms with E-state index in [0.29, 0.717) is 0 Å². The topological polar surface area (TPSA) is 53.6 Å². The molecule has 0 bridgehead atoms. The summed E-state index contributed by atoms with van der Waals surface area (Å²) in [5.41, 5.74) is 5.08. The van der Waals surface area contributed by atoms with Gasteiger partial charge >= 0.3 is 6.03 Å². The fraction of sp³-hybridized carbons (Fsp3) is 0.350. The van der Waals surface area contributed by atoms with Crippen LogP contribution in [0, 0.1) is 13.8 Å². The first-order valence-corrected chi connectivity index (χ1v) is 8.64. The molecule has 132 valence electrons. The Hall–Kier alpha value is -2.37. The number of carbonyl (C=O) groups is 1. The number of nitrogens with zero attached hydrogens (tertiary/aromatic N) is 1. The summed E-state index contributed by atoms with van der Waals surface area (Å²) in [6, 6.07) is 13.8. The van der Waals surface area contributed by atoms with Crippen molar-refractivity contribution in [3.63, 3.8) is 0 Å². The van der Waals surface area contributed by atoms with Gasteiger partial charge < -0.3 is 15.4 Å². The molecule has 0 saturated carbocycles. The molecule has 5 nitrogen and oxygen atoms in total.